The van der Waals surface area contributed by atoms with Crippen LogP contribution in [0, 0.1) is 0 Å². The van der Waals surface area contributed by atoms with E-state index in [-0.39, 0.29) is 6.61 Å². The summed E-state index contributed by atoms with van der Waals surface area (Å²) in [6.07, 6.45) is 1.78. The third-order valence-electron chi connectivity index (χ3n) is 0.566. The Kier molecular flexibility index (Phi) is 5.75. The van der Waals surface area contributed by atoms with Gasteiger partial charge in [-0.2, -0.15) is 0 Å². The quantitative estimate of drug-likeness (QED) is 0.368. The Hall–Kier alpha value is -0.700. The van der Waals surface area contributed by atoms with E-state index in [9.17, 15) is 9.59 Å². The van der Waals surface area contributed by atoms with Crippen molar-refractivity contribution < 1.29 is 14.3 Å². The fraction of sp³-hybridized carbons (Fsp3) is 0.600. The van der Waals surface area contributed by atoms with Crippen molar-refractivity contribution in [1.29, 1.82) is 0 Å². The van der Waals surface area contributed by atoms with Crippen molar-refractivity contribution in [1.82, 2.24) is 0 Å². The molecule has 0 unspecified atom stereocenters. The fourth-order valence-electron chi connectivity index (χ4n) is 0.263. The van der Waals surface area contributed by atoms with Crippen LogP contribution in [0.15, 0.2) is 0 Å². The summed E-state index contributed by atoms with van der Waals surface area (Å²) in [5.74, 6) is 0. The molecule has 0 saturated carbocycles. The molecule has 0 aliphatic heterocycles. The van der Waals surface area contributed by atoms with Crippen LogP contribution in [0.1, 0.15) is 6.42 Å². The Labute approximate surface area is 47.6 Å². The predicted octanol–water partition coefficient (Wildman–Crippen LogP) is -0.209. The van der Waals surface area contributed by atoms with E-state index in [0.29, 0.717) is 19.3 Å². The maximum absolute atomic E-state index is 9.60. The normalized spacial score (nSPS) is 8.50. The Morgan fingerprint density at radius 1 is 1.25 bits per heavy atom. The summed E-state index contributed by atoms with van der Waals surface area (Å²) < 4.78 is 4.62. The molecule has 0 aromatic carbocycles. The average molecular weight is 116 g/mol. The third kappa shape index (κ3) is 5.30. The smallest absolute Gasteiger partial charge is 0.145 e. The van der Waals surface area contributed by atoms with Crippen molar-refractivity contribution in [3.8, 4) is 0 Å². The molecular formula is C5H8O3. The van der Waals surface area contributed by atoms with Crippen LogP contribution in [0.5, 0.6) is 0 Å². The lowest BCUT2D eigenvalue weighted by molar-refractivity contribution is -0.114. The largest absolute Gasteiger partial charge is 0.374 e. The molecule has 3 nitrogen and oxygen atoms in total. The van der Waals surface area contributed by atoms with Crippen molar-refractivity contribution in [2.24, 2.45) is 0 Å². The van der Waals surface area contributed by atoms with E-state index >= 15 is 0 Å². The highest BCUT2D eigenvalue weighted by Gasteiger charge is 1.81. The second-order valence-electron chi connectivity index (χ2n) is 1.20. The molecule has 0 fully saturated rings. The molecule has 46 valence electrons. The lowest BCUT2D eigenvalue weighted by Gasteiger charge is -1.90. The molecule has 0 aromatic heterocycles. The fourth-order valence-corrected chi connectivity index (χ4v) is 0.263. The molecule has 0 saturated heterocycles. The van der Waals surface area contributed by atoms with Crippen molar-refractivity contribution in [3.05, 3.63) is 0 Å². The summed E-state index contributed by atoms with van der Waals surface area (Å²) in [6.45, 7) is 0.441. The highest BCUT2D eigenvalue weighted by molar-refractivity contribution is 5.51. The first-order valence-corrected chi connectivity index (χ1v) is 2.37. The lowest BCUT2D eigenvalue weighted by Crippen LogP contribution is -1.97. The summed E-state index contributed by atoms with van der Waals surface area (Å²) in [5, 5.41) is 0. The van der Waals surface area contributed by atoms with Gasteiger partial charge in [-0.25, -0.2) is 0 Å². The topological polar surface area (TPSA) is 43.4 Å². The molecule has 0 aliphatic rings. The number of ether oxygens (including phenoxy) is 1. The molecule has 0 aliphatic carbocycles. The number of rotatable bonds is 5. The molecule has 0 bridgehead atoms. The lowest BCUT2D eigenvalue weighted by atomic mass is 10.5. The van der Waals surface area contributed by atoms with Gasteiger partial charge in [0.05, 0.1) is 6.61 Å². The van der Waals surface area contributed by atoms with Gasteiger partial charge >= 0.3 is 0 Å². The molecule has 3 heteroatoms. The van der Waals surface area contributed by atoms with Gasteiger partial charge in [0.1, 0.15) is 19.2 Å². The second-order valence-corrected chi connectivity index (χ2v) is 1.20. The number of hydrogen-bond donors (Lipinski definition) is 0. The van der Waals surface area contributed by atoms with Gasteiger partial charge in [-0.1, -0.05) is 0 Å². The summed E-state index contributed by atoms with van der Waals surface area (Å²) in [5.41, 5.74) is 0. The van der Waals surface area contributed by atoms with Crippen LogP contribution in [0.2, 0.25) is 0 Å². The number of carbonyl (C=O) groups is 2. The first-order chi connectivity index (χ1) is 3.91. The molecule has 0 radical (unpaired) electrons. The molecular weight excluding hydrogens is 108 g/mol. The van der Waals surface area contributed by atoms with Gasteiger partial charge in [-0.3, -0.25) is 0 Å². The molecule has 0 rings (SSSR count). The zero-order valence-corrected chi connectivity index (χ0v) is 4.50. The molecule has 0 amide bonds. The van der Waals surface area contributed by atoms with E-state index in [1.165, 1.54) is 0 Å². The minimum absolute atomic E-state index is 0.0911. The van der Waals surface area contributed by atoms with Crippen LogP contribution < -0.4 is 0 Å². The van der Waals surface area contributed by atoms with Gasteiger partial charge in [0.15, 0.2) is 0 Å². The predicted molar refractivity (Wildman–Crippen MR) is 27.6 cm³/mol. The standard InChI is InChI=1S/C5H8O3/c6-2-1-4-8-5-3-7/h2-3H,1,4-5H2. The summed E-state index contributed by atoms with van der Waals surface area (Å²) in [6, 6.07) is 0. The van der Waals surface area contributed by atoms with E-state index in [1.807, 2.05) is 0 Å². The van der Waals surface area contributed by atoms with Gasteiger partial charge in [0.25, 0.3) is 0 Å². The van der Waals surface area contributed by atoms with Crippen LogP contribution in [0.4, 0.5) is 0 Å². The van der Waals surface area contributed by atoms with E-state index < -0.39 is 0 Å². The third-order valence-corrected chi connectivity index (χ3v) is 0.566. The van der Waals surface area contributed by atoms with Gasteiger partial charge in [0, 0.05) is 6.42 Å². The maximum Gasteiger partial charge on any atom is 0.145 e. The van der Waals surface area contributed by atoms with Crippen molar-refractivity contribution in [3.63, 3.8) is 0 Å². The molecule has 0 atom stereocenters. The zero-order chi connectivity index (χ0) is 6.24. The van der Waals surface area contributed by atoms with Crippen LogP contribution in [-0.4, -0.2) is 25.8 Å². The Balaban J connectivity index is 2.71. The minimum Gasteiger partial charge on any atom is -0.374 e. The summed E-state index contributed by atoms with van der Waals surface area (Å²) in [4.78, 5) is 19.2. The van der Waals surface area contributed by atoms with Crippen LogP contribution >= 0.6 is 0 Å². The zero-order valence-electron chi connectivity index (χ0n) is 4.50. The first kappa shape index (κ1) is 7.30. The Bertz CT molecular complexity index is 60.1. The summed E-state index contributed by atoms with van der Waals surface area (Å²) >= 11 is 0. The minimum atomic E-state index is 0.0911. The molecule has 0 N–H and O–H groups in total. The van der Waals surface area contributed by atoms with E-state index in [4.69, 9.17) is 0 Å². The second kappa shape index (κ2) is 6.30. The maximum atomic E-state index is 9.60. The van der Waals surface area contributed by atoms with Crippen LogP contribution in [0.3, 0.4) is 0 Å². The van der Waals surface area contributed by atoms with Crippen molar-refractivity contribution >= 4 is 12.6 Å². The molecule has 8 heavy (non-hydrogen) atoms. The molecule has 0 heterocycles. The highest BCUT2D eigenvalue weighted by atomic mass is 16.5. The van der Waals surface area contributed by atoms with Gasteiger partial charge < -0.3 is 14.3 Å². The van der Waals surface area contributed by atoms with E-state index in [1.54, 1.807) is 0 Å². The number of carbonyl (C=O) groups excluding carboxylic acids is 2. The first-order valence-electron chi connectivity index (χ1n) is 2.37. The average Bonchev–Trinajstić information content (AvgIpc) is 1.81. The van der Waals surface area contributed by atoms with Gasteiger partial charge in [-0.05, 0) is 0 Å². The Morgan fingerprint density at radius 3 is 2.50 bits per heavy atom. The van der Waals surface area contributed by atoms with Crippen LogP contribution in [-0.2, 0) is 14.3 Å². The Morgan fingerprint density at radius 2 is 2.00 bits per heavy atom. The van der Waals surface area contributed by atoms with E-state index in [0.717, 1.165) is 6.29 Å². The van der Waals surface area contributed by atoms with Gasteiger partial charge in [-0.15, -0.1) is 0 Å². The van der Waals surface area contributed by atoms with E-state index in [2.05, 4.69) is 4.74 Å². The molecule has 0 aromatic rings. The van der Waals surface area contributed by atoms with Crippen molar-refractivity contribution in [2.75, 3.05) is 13.2 Å². The SMILES string of the molecule is O=CCCOCC=O. The number of aldehydes is 2. The van der Waals surface area contributed by atoms with Gasteiger partial charge in [0.2, 0.25) is 0 Å². The summed E-state index contributed by atoms with van der Waals surface area (Å²) in [7, 11) is 0. The monoisotopic (exact) mass is 116 g/mol. The van der Waals surface area contributed by atoms with Crippen LogP contribution in [0.25, 0.3) is 0 Å². The molecule has 0 spiro atoms. The van der Waals surface area contributed by atoms with Crippen molar-refractivity contribution in [2.45, 2.75) is 6.42 Å². The highest BCUT2D eigenvalue weighted by Crippen LogP contribution is 1.73. The number of hydrogen-bond acceptors (Lipinski definition) is 3.